The van der Waals surface area contributed by atoms with Crippen LogP contribution in [0.5, 0.6) is 0 Å². The standard InChI is InChI=1S/C19H17ClN4O2S2/c1-4-24-18(26)16-10(2)11(3)28-17(16)23-19(24)27-9-15(25)22-13-6-5-12(8-21)14(20)7-13/h5-7H,4,9H2,1-3H3,(H,22,25). The molecule has 0 aliphatic heterocycles. The molecule has 2 aromatic heterocycles. The first-order valence-corrected chi connectivity index (χ1v) is 10.7. The Bertz CT molecular complexity index is 1180. The summed E-state index contributed by atoms with van der Waals surface area (Å²) in [6.07, 6.45) is 0. The Morgan fingerprint density at radius 1 is 1.43 bits per heavy atom. The highest BCUT2D eigenvalue weighted by molar-refractivity contribution is 7.99. The highest BCUT2D eigenvalue weighted by Gasteiger charge is 2.17. The predicted octanol–water partition coefficient (Wildman–Crippen LogP) is 4.35. The summed E-state index contributed by atoms with van der Waals surface area (Å²) in [7, 11) is 0. The van der Waals surface area contributed by atoms with E-state index < -0.39 is 0 Å². The van der Waals surface area contributed by atoms with Gasteiger partial charge in [0, 0.05) is 17.1 Å². The first-order valence-electron chi connectivity index (χ1n) is 8.48. The van der Waals surface area contributed by atoms with Crippen molar-refractivity contribution in [2.75, 3.05) is 11.1 Å². The number of hydrogen-bond acceptors (Lipinski definition) is 6. The molecule has 0 bridgehead atoms. The highest BCUT2D eigenvalue weighted by atomic mass is 35.5. The second-order valence-electron chi connectivity index (χ2n) is 6.05. The van der Waals surface area contributed by atoms with Crippen LogP contribution >= 0.6 is 34.7 Å². The van der Waals surface area contributed by atoms with Crippen molar-refractivity contribution in [1.29, 1.82) is 5.26 Å². The Balaban J connectivity index is 1.79. The third-order valence-corrected chi connectivity index (χ3v) is 6.67. The van der Waals surface area contributed by atoms with Gasteiger partial charge in [0.25, 0.3) is 5.56 Å². The maximum atomic E-state index is 12.8. The molecule has 9 heteroatoms. The van der Waals surface area contributed by atoms with E-state index >= 15 is 0 Å². The number of fused-ring (bicyclic) bond motifs is 1. The molecule has 3 rings (SSSR count). The number of rotatable bonds is 5. The smallest absolute Gasteiger partial charge is 0.263 e. The highest BCUT2D eigenvalue weighted by Crippen LogP contribution is 2.28. The summed E-state index contributed by atoms with van der Waals surface area (Å²) < 4.78 is 1.60. The molecule has 28 heavy (non-hydrogen) atoms. The van der Waals surface area contributed by atoms with E-state index in [4.69, 9.17) is 16.9 Å². The number of halogens is 1. The lowest BCUT2D eigenvalue weighted by molar-refractivity contribution is -0.113. The number of amides is 1. The lowest BCUT2D eigenvalue weighted by Crippen LogP contribution is -2.23. The number of aryl methyl sites for hydroxylation is 2. The number of aromatic nitrogens is 2. The molecule has 1 amide bonds. The molecule has 0 radical (unpaired) electrons. The van der Waals surface area contributed by atoms with Gasteiger partial charge in [0.2, 0.25) is 5.91 Å². The lowest BCUT2D eigenvalue weighted by atomic mass is 10.2. The third kappa shape index (κ3) is 3.92. The molecule has 3 aromatic rings. The third-order valence-electron chi connectivity index (χ3n) is 4.28. The Kier molecular flexibility index (Phi) is 6.08. The summed E-state index contributed by atoms with van der Waals surface area (Å²) >= 11 is 8.69. The molecule has 0 spiro atoms. The minimum atomic E-state index is -0.249. The van der Waals surface area contributed by atoms with E-state index in [2.05, 4.69) is 10.3 Å². The molecule has 0 saturated heterocycles. The van der Waals surface area contributed by atoms with Gasteiger partial charge >= 0.3 is 0 Å². The Morgan fingerprint density at radius 2 is 2.18 bits per heavy atom. The van der Waals surface area contributed by atoms with Crippen molar-refractivity contribution in [1.82, 2.24) is 9.55 Å². The summed E-state index contributed by atoms with van der Waals surface area (Å²) in [5, 5.41) is 13.1. The van der Waals surface area contributed by atoms with Gasteiger partial charge in [-0.05, 0) is 44.5 Å². The number of nitrogens with one attached hydrogen (secondary N) is 1. The topological polar surface area (TPSA) is 87.8 Å². The molecule has 1 N–H and O–H groups in total. The zero-order valence-corrected chi connectivity index (χ0v) is 17.9. The number of nitriles is 1. The zero-order chi connectivity index (χ0) is 20.4. The van der Waals surface area contributed by atoms with E-state index in [1.165, 1.54) is 29.2 Å². The molecular formula is C19H17ClN4O2S2. The van der Waals surface area contributed by atoms with Gasteiger partial charge in [0.1, 0.15) is 10.9 Å². The van der Waals surface area contributed by atoms with Crippen LogP contribution in [0, 0.1) is 25.2 Å². The van der Waals surface area contributed by atoms with E-state index in [9.17, 15) is 9.59 Å². The quantitative estimate of drug-likeness (QED) is 0.478. The van der Waals surface area contributed by atoms with Crippen molar-refractivity contribution in [3.8, 4) is 6.07 Å². The summed E-state index contributed by atoms with van der Waals surface area (Å²) in [6, 6.07) is 6.68. The number of thiophene rings is 1. The average Bonchev–Trinajstić information content (AvgIpc) is 2.94. The maximum Gasteiger partial charge on any atom is 0.263 e. The number of anilines is 1. The molecular weight excluding hydrogens is 416 g/mol. The second kappa shape index (κ2) is 8.35. The van der Waals surface area contributed by atoms with Gasteiger partial charge in [-0.3, -0.25) is 14.2 Å². The van der Waals surface area contributed by atoms with Gasteiger partial charge in [-0.1, -0.05) is 23.4 Å². The SMILES string of the molecule is CCn1c(SCC(=O)Nc2ccc(C#N)c(Cl)c2)nc2sc(C)c(C)c2c1=O. The van der Waals surface area contributed by atoms with Crippen LogP contribution in [-0.2, 0) is 11.3 Å². The van der Waals surface area contributed by atoms with Crippen LogP contribution in [0.3, 0.4) is 0 Å². The van der Waals surface area contributed by atoms with Crippen LogP contribution in [0.15, 0.2) is 28.2 Å². The first kappa shape index (κ1) is 20.4. The molecule has 1 aromatic carbocycles. The first-order chi connectivity index (χ1) is 13.3. The Labute approximate surface area is 175 Å². The monoisotopic (exact) mass is 432 g/mol. The predicted molar refractivity (Wildman–Crippen MR) is 115 cm³/mol. The van der Waals surface area contributed by atoms with Crippen molar-refractivity contribution in [3.63, 3.8) is 0 Å². The number of carbonyl (C=O) groups is 1. The van der Waals surface area contributed by atoms with Crippen molar-refractivity contribution < 1.29 is 4.79 Å². The number of thioether (sulfide) groups is 1. The Hall–Kier alpha value is -2.34. The average molecular weight is 433 g/mol. The second-order valence-corrected chi connectivity index (χ2v) is 8.60. The lowest BCUT2D eigenvalue weighted by Gasteiger charge is -2.10. The fourth-order valence-corrected chi connectivity index (χ4v) is 4.86. The zero-order valence-electron chi connectivity index (χ0n) is 15.5. The molecule has 0 aliphatic carbocycles. The number of carbonyl (C=O) groups excluding carboxylic acids is 1. The van der Waals surface area contributed by atoms with E-state index in [0.29, 0.717) is 33.2 Å². The maximum absolute atomic E-state index is 12.8. The van der Waals surface area contributed by atoms with Crippen LogP contribution in [0.2, 0.25) is 5.02 Å². The van der Waals surface area contributed by atoms with Gasteiger partial charge in [-0.15, -0.1) is 11.3 Å². The summed E-state index contributed by atoms with van der Waals surface area (Å²) in [6.45, 7) is 6.26. The molecule has 6 nitrogen and oxygen atoms in total. The van der Waals surface area contributed by atoms with Gasteiger partial charge in [-0.25, -0.2) is 4.98 Å². The fourth-order valence-electron chi connectivity index (χ4n) is 2.71. The molecule has 0 fully saturated rings. The van der Waals surface area contributed by atoms with Crippen molar-refractivity contribution >= 4 is 56.5 Å². The van der Waals surface area contributed by atoms with E-state index in [1.54, 1.807) is 16.7 Å². The van der Waals surface area contributed by atoms with E-state index in [0.717, 1.165) is 10.4 Å². The Morgan fingerprint density at radius 3 is 2.82 bits per heavy atom. The number of nitrogens with zero attached hydrogens (tertiary/aromatic N) is 3. The minimum absolute atomic E-state index is 0.0730. The minimum Gasteiger partial charge on any atom is -0.325 e. The fraction of sp³-hybridized carbons (Fsp3) is 0.263. The molecule has 0 atom stereocenters. The largest absolute Gasteiger partial charge is 0.325 e. The summed E-state index contributed by atoms with van der Waals surface area (Å²) in [5.41, 5.74) is 1.75. The van der Waals surface area contributed by atoms with Gasteiger partial charge in [0.05, 0.1) is 21.7 Å². The van der Waals surface area contributed by atoms with Crippen molar-refractivity contribution in [3.05, 3.63) is 49.6 Å². The van der Waals surface area contributed by atoms with Crippen LogP contribution in [0.25, 0.3) is 10.2 Å². The van der Waals surface area contributed by atoms with E-state index in [1.807, 2.05) is 26.8 Å². The van der Waals surface area contributed by atoms with Crippen LogP contribution in [-0.4, -0.2) is 21.2 Å². The number of hydrogen-bond donors (Lipinski definition) is 1. The van der Waals surface area contributed by atoms with Crippen molar-refractivity contribution in [2.45, 2.75) is 32.5 Å². The molecule has 0 unspecified atom stereocenters. The van der Waals surface area contributed by atoms with Crippen LogP contribution in [0.1, 0.15) is 22.9 Å². The molecule has 2 heterocycles. The summed E-state index contributed by atoms with van der Waals surface area (Å²) in [4.78, 5) is 31.5. The normalized spacial score (nSPS) is 10.8. The number of benzene rings is 1. The molecule has 0 aliphatic rings. The molecule has 144 valence electrons. The van der Waals surface area contributed by atoms with Gasteiger partial charge in [0.15, 0.2) is 5.16 Å². The van der Waals surface area contributed by atoms with E-state index in [-0.39, 0.29) is 22.2 Å². The molecule has 0 saturated carbocycles. The summed E-state index contributed by atoms with van der Waals surface area (Å²) in [5.74, 6) is -0.153. The van der Waals surface area contributed by atoms with Crippen LogP contribution < -0.4 is 10.9 Å². The van der Waals surface area contributed by atoms with Gasteiger partial charge < -0.3 is 5.32 Å². The van der Waals surface area contributed by atoms with Gasteiger partial charge in [-0.2, -0.15) is 5.26 Å². The van der Waals surface area contributed by atoms with Crippen LogP contribution in [0.4, 0.5) is 5.69 Å². The van der Waals surface area contributed by atoms with Crippen molar-refractivity contribution in [2.24, 2.45) is 0 Å².